The number of aliphatic hydroxyl groups excluding tert-OH is 1. The van der Waals surface area contributed by atoms with Crippen LogP contribution in [-0.2, 0) is 56.0 Å². The Morgan fingerprint density at radius 1 is 0.603 bits per heavy atom. The van der Waals surface area contributed by atoms with Crippen LogP contribution in [0.3, 0.4) is 0 Å². The Labute approximate surface area is 431 Å². The van der Waals surface area contributed by atoms with E-state index in [1.54, 1.807) is 32.2 Å². The second kappa shape index (κ2) is 35.7. The smallest absolute Gasteiger partial charge is 0.245 e. The highest BCUT2D eigenvalue weighted by Crippen LogP contribution is 2.14. The largest absolute Gasteiger partial charge is 0.391 e. The fourth-order valence-electron chi connectivity index (χ4n) is 7.99. The number of aliphatic hydroxyl groups is 1. The van der Waals surface area contributed by atoms with Crippen molar-refractivity contribution < 1.29 is 48.3 Å². The number of carbonyl (C=O) groups excluding carboxylic acids is 9. The number of carbonyl (C=O) groups is 9. The fourth-order valence-corrected chi connectivity index (χ4v) is 7.99. The quantitative estimate of drug-likeness (QED) is 0.0433. The second-order valence-electron chi connectivity index (χ2n) is 18.9. The lowest BCUT2D eigenvalue weighted by molar-refractivity contribution is -0.137. The summed E-state index contributed by atoms with van der Waals surface area (Å²) in [6, 6.07) is 1.52. The van der Waals surface area contributed by atoms with Gasteiger partial charge in [-0.15, -0.1) is 0 Å². The Morgan fingerprint density at radius 2 is 1.15 bits per heavy atom. The standard InChI is InChI=1S/C52H85N11O10/c1-7-9-10-11-12-13-14-15-16-17-18-19-23-26-43(66)59-39(27-28-42(53)65)49(70)63-46(36(5)64)52(73)62-45(34(3)8-2)51(72)58-35(4)47(68)56-32-44(67)60-41(30-38-31-55-33-57-38)50(71)61-40(48(69)54-6)29-37-24-21-20-22-25-37/h20-22,24-25,31,33-36,39-41,45-46,64H,7-19,23,26-30,32H2,1-6H3,(H2,53,65)(H,54,69)(H,55,57)(H,56,68)(H,58,72)(H,59,66)(H,60,67)(H,61,71)(H,62,73)(H,63,70)/t34-,35-,36+,39?,40-,41-,45-,46-/m0/s1. The molecule has 408 valence electrons. The molecule has 21 heteroatoms. The summed E-state index contributed by atoms with van der Waals surface area (Å²) < 4.78 is 0. The molecule has 1 aromatic carbocycles. The number of H-pyrrole nitrogens is 1. The first-order chi connectivity index (χ1) is 34.9. The number of primary amides is 1. The molecule has 9 amide bonds. The highest BCUT2D eigenvalue weighted by atomic mass is 16.3. The third kappa shape index (κ3) is 25.7. The Hall–Kier alpha value is -6.38. The van der Waals surface area contributed by atoms with Crippen LogP contribution in [0.5, 0.6) is 0 Å². The van der Waals surface area contributed by atoms with Crippen LogP contribution in [0.15, 0.2) is 42.9 Å². The van der Waals surface area contributed by atoms with Gasteiger partial charge in [0, 0.05) is 38.9 Å². The van der Waals surface area contributed by atoms with Crippen molar-refractivity contribution in [1.29, 1.82) is 0 Å². The first kappa shape index (κ1) is 62.7. The Morgan fingerprint density at radius 3 is 1.70 bits per heavy atom. The van der Waals surface area contributed by atoms with Crippen LogP contribution in [-0.4, -0.2) is 124 Å². The monoisotopic (exact) mass is 1020 g/mol. The number of aromatic amines is 1. The molecule has 0 saturated carbocycles. The molecule has 0 aliphatic rings. The second-order valence-corrected chi connectivity index (χ2v) is 18.9. The summed E-state index contributed by atoms with van der Waals surface area (Å²) in [4.78, 5) is 125. The van der Waals surface area contributed by atoms with Gasteiger partial charge in [-0.1, -0.05) is 135 Å². The van der Waals surface area contributed by atoms with Gasteiger partial charge in [-0.25, -0.2) is 4.98 Å². The zero-order valence-corrected chi connectivity index (χ0v) is 43.9. The molecule has 1 heterocycles. The lowest BCUT2D eigenvalue weighted by Crippen LogP contribution is -2.61. The normalized spacial score (nSPS) is 14.3. The zero-order valence-electron chi connectivity index (χ0n) is 43.9. The molecule has 0 fully saturated rings. The van der Waals surface area contributed by atoms with Gasteiger partial charge in [-0.2, -0.15) is 0 Å². The molecule has 2 rings (SSSR count). The van der Waals surface area contributed by atoms with Crippen LogP contribution in [0, 0.1) is 5.92 Å². The molecular formula is C52H85N11O10. The molecule has 0 saturated heterocycles. The van der Waals surface area contributed by atoms with Crippen LogP contribution in [0.25, 0.3) is 0 Å². The summed E-state index contributed by atoms with van der Waals surface area (Å²) in [5.74, 6) is -6.85. The summed E-state index contributed by atoms with van der Waals surface area (Å²) in [6.07, 6.45) is 16.6. The summed E-state index contributed by atoms with van der Waals surface area (Å²) in [5.41, 5.74) is 6.59. The Kier molecular flexibility index (Phi) is 30.7. The third-order valence-electron chi connectivity index (χ3n) is 12.7. The van der Waals surface area contributed by atoms with Crippen molar-refractivity contribution >= 4 is 53.2 Å². The van der Waals surface area contributed by atoms with Gasteiger partial charge in [0.25, 0.3) is 0 Å². The van der Waals surface area contributed by atoms with Crippen LogP contribution < -0.4 is 48.3 Å². The lowest BCUT2D eigenvalue weighted by Gasteiger charge is -2.29. The van der Waals surface area contributed by atoms with Gasteiger partial charge >= 0.3 is 0 Å². The van der Waals surface area contributed by atoms with Gasteiger partial charge in [-0.05, 0) is 38.2 Å². The molecule has 21 nitrogen and oxygen atoms in total. The van der Waals surface area contributed by atoms with Crippen molar-refractivity contribution in [2.45, 2.75) is 199 Å². The minimum Gasteiger partial charge on any atom is -0.391 e. The average Bonchev–Trinajstić information content (AvgIpc) is 3.89. The van der Waals surface area contributed by atoms with Crippen molar-refractivity contribution in [2.75, 3.05) is 13.6 Å². The summed E-state index contributed by atoms with van der Waals surface area (Å²) >= 11 is 0. The van der Waals surface area contributed by atoms with E-state index in [2.05, 4.69) is 59.4 Å². The van der Waals surface area contributed by atoms with Crippen molar-refractivity contribution in [3.63, 3.8) is 0 Å². The molecule has 0 spiro atoms. The van der Waals surface area contributed by atoms with E-state index in [1.165, 1.54) is 78.6 Å². The lowest BCUT2D eigenvalue weighted by atomic mass is 9.97. The number of nitrogens with two attached hydrogens (primary N) is 1. The van der Waals surface area contributed by atoms with Crippen molar-refractivity contribution in [2.24, 2.45) is 11.7 Å². The van der Waals surface area contributed by atoms with E-state index < -0.39 is 108 Å². The van der Waals surface area contributed by atoms with Gasteiger partial charge in [0.15, 0.2) is 0 Å². The predicted octanol–water partition coefficient (Wildman–Crippen LogP) is 2.16. The number of aromatic nitrogens is 2. The molecular weight excluding hydrogens is 939 g/mol. The molecule has 2 aromatic rings. The number of likely N-dealkylation sites (N-methyl/N-ethyl adjacent to an activating group) is 1. The van der Waals surface area contributed by atoms with E-state index in [0.717, 1.165) is 31.2 Å². The molecule has 8 atom stereocenters. The number of nitrogens with zero attached hydrogens (tertiary/aromatic N) is 1. The van der Waals surface area contributed by atoms with Gasteiger partial charge in [0.1, 0.15) is 36.3 Å². The van der Waals surface area contributed by atoms with E-state index >= 15 is 0 Å². The van der Waals surface area contributed by atoms with Crippen molar-refractivity contribution in [3.05, 3.63) is 54.1 Å². The number of unbranched alkanes of at least 4 members (excludes halogenated alkanes) is 12. The first-order valence-corrected chi connectivity index (χ1v) is 26.2. The van der Waals surface area contributed by atoms with Gasteiger partial charge < -0.3 is 58.4 Å². The van der Waals surface area contributed by atoms with Crippen molar-refractivity contribution in [1.82, 2.24) is 52.5 Å². The third-order valence-corrected chi connectivity index (χ3v) is 12.7. The minimum atomic E-state index is -1.60. The zero-order chi connectivity index (χ0) is 54.1. The van der Waals surface area contributed by atoms with Crippen LogP contribution >= 0.6 is 0 Å². The topological polar surface area (TPSA) is 325 Å². The maximum Gasteiger partial charge on any atom is 0.245 e. The van der Waals surface area contributed by atoms with Crippen LogP contribution in [0.1, 0.15) is 155 Å². The number of hydrogen-bond acceptors (Lipinski definition) is 11. The number of amides is 9. The molecule has 1 aromatic heterocycles. The van der Waals surface area contributed by atoms with Gasteiger partial charge in [0.2, 0.25) is 53.2 Å². The van der Waals surface area contributed by atoms with E-state index in [4.69, 9.17) is 5.73 Å². The highest BCUT2D eigenvalue weighted by molar-refractivity contribution is 5.97. The van der Waals surface area contributed by atoms with Crippen molar-refractivity contribution in [3.8, 4) is 0 Å². The first-order valence-electron chi connectivity index (χ1n) is 26.2. The minimum absolute atomic E-state index is 0.0540. The SMILES string of the molecule is CCCCCCCCCCCCCCCC(=O)NC(CCC(N)=O)C(=O)N[C@H](C(=O)N[C@H](C(=O)N[C@@H](C)C(=O)NCC(=O)N[C@@H](Cc1c[nH]cn1)C(=O)N[C@@H](Cc1ccccc1)C(=O)NC)[C@@H](C)CC)[C@@H](C)O. The molecule has 0 aliphatic carbocycles. The van der Waals surface area contributed by atoms with E-state index in [9.17, 15) is 48.3 Å². The van der Waals surface area contributed by atoms with E-state index in [-0.39, 0.29) is 32.1 Å². The number of hydrogen-bond donors (Lipinski definition) is 11. The summed E-state index contributed by atoms with van der Waals surface area (Å²) in [6.45, 7) is 7.68. The Bertz CT molecular complexity index is 2000. The fraction of sp³-hybridized carbons (Fsp3) is 0.654. The maximum absolute atomic E-state index is 13.7. The summed E-state index contributed by atoms with van der Waals surface area (Å²) in [5, 5.41) is 31.2. The van der Waals surface area contributed by atoms with Gasteiger partial charge in [-0.3, -0.25) is 43.2 Å². The average molecular weight is 1020 g/mol. The number of benzene rings is 1. The maximum atomic E-state index is 13.7. The summed E-state index contributed by atoms with van der Waals surface area (Å²) in [7, 11) is 1.44. The number of nitrogens with one attached hydrogen (secondary N) is 9. The van der Waals surface area contributed by atoms with E-state index in [1.807, 2.05) is 18.2 Å². The molecule has 73 heavy (non-hydrogen) atoms. The van der Waals surface area contributed by atoms with Crippen LogP contribution in [0.2, 0.25) is 0 Å². The molecule has 0 aliphatic heterocycles. The predicted molar refractivity (Wildman–Crippen MR) is 277 cm³/mol. The molecule has 0 bridgehead atoms. The van der Waals surface area contributed by atoms with E-state index in [0.29, 0.717) is 18.5 Å². The molecule has 0 radical (unpaired) electrons. The molecule has 12 N–H and O–H groups in total. The number of rotatable bonds is 38. The molecule has 1 unspecified atom stereocenters. The number of imidazole rings is 1. The Balaban J connectivity index is 2.00. The highest BCUT2D eigenvalue weighted by Gasteiger charge is 2.35. The van der Waals surface area contributed by atoms with Crippen LogP contribution in [0.4, 0.5) is 0 Å². The van der Waals surface area contributed by atoms with Gasteiger partial charge in [0.05, 0.1) is 24.7 Å².